The lowest BCUT2D eigenvalue weighted by molar-refractivity contribution is -0.0659. The van der Waals surface area contributed by atoms with Crippen LogP contribution in [0.15, 0.2) is 0 Å². The van der Waals surface area contributed by atoms with Crippen LogP contribution in [0, 0.1) is 11.3 Å². The molecule has 1 aliphatic carbocycles. The molecule has 16 heavy (non-hydrogen) atoms. The van der Waals surface area contributed by atoms with Crippen molar-refractivity contribution in [1.82, 2.24) is 0 Å². The summed E-state index contributed by atoms with van der Waals surface area (Å²) in [6.45, 7) is 6.91. The van der Waals surface area contributed by atoms with Gasteiger partial charge in [-0.15, -0.1) is 0 Å². The minimum absolute atomic E-state index is 0.214. The fourth-order valence-corrected chi connectivity index (χ4v) is 2.42. The van der Waals surface area contributed by atoms with Gasteiger partial charge in [0.05, 0.1) is 19.3 Å². The Labute approximate surface area is 98.8 Å². The average Bonchev–Trinajstić information content (AvgIpc) is 2.26. The molecule has 0 radical (unpaired) electrons. The molecule has 0 aliphatic heterocycles. The van der Waals surface area contributed by atoms with Crippen molar-refractivity contribution < 1.29 is 14.9 Å². The molecular weight excluding hydrogens is 204 g/mol. The van der Waals surface area contributed by atoms with Crippen molar-refractivity contribution >= 4 is 0 Å². The van der Waals surface area contributed by atoms with Crippen LogP contribution in [0.5, 0.6) is 0 Å². The standard InChI is InChI=1S/C13H26O3/c1-10(2)13(3)6-4-5-12(7-13)16-9-11(15)8-14/h10-12,14-15H,4-9H2,1-3H3/t11-,12?,13?/m0/s1. The lowest BCUT2D eigenvalue weighted by atomic mass is 9.67. The number of aliphatic hydroxyl groups is 2. The molecule has 2 unspecified atom stereocenters. The van der Waals surface area contributed by atoms with Gasteiger partial charge in [0.1, 0.15) is 6.10 Å². The van der Waals surface area contributed by atoms with Gasteiger partial charge >= 0.3 is 0 Å². The van der Waals surface area contributed by atoms with E-state index in [2.05, 4.69) is 20.8 Å². The van der Waals surface area contributed by atoms with Crippen LogP contribution in [0.2, 0.25) is 0 Å². The van der Waals surface area contributed by atoms with Gasteiger partial charge in [0.25, 0.3) is 0 Å². The molecule has 1 rings (SSSR count). The van der Waals surface area contributed by atoms with Gasteiger partial charge in [-0.3, -0.25) is 0 Å². The summed E-state index contributed by atoms with van der Waals surface area (Å²) in [6.07, 6.45) is 4.15. The second-order valence-corrected chi connectivity index (χ2v) is 5.70. The van der Waals surface area contributed by atoms with Gasteiger partial charge in [-0.1, -0.05) is 27.2 Å². The van der Waals surface area contributed by atoms with Crippen molar-refractivity contribution in [3.63, 3.8) is 0 Å². The molecule has 0 aromatic carbocycles. The molecule has 3 atom stereocenters. The fraction of sp³-hybridized carbons (Fsp3) is 1.00. The Kier molecular flexibility index (Phi) is 5.22. The van der Waals surface area contributed by atoms with Gasteiger partial charge in [0, 0.05) is 0 Å². The smallest absolute Gasteiger partial charge is 0.100 e. The first kappa shape index (κ1) is 13.9. The Morgan fingerprint density at radius 2 is 2.12 bits per heavy atom. The second-order valence-electron chi connectivity index (χ2n) is 5.70. The first-order chi connectivity index (χ1) is 7.48. The first-order valence-electron chi connectivity index (χ1n) is 6.38. The maximum Gasteiger partial charge on any atom is 0.100 e. The largest absolute Gasteiger partial charge is 0.394 e. The number of ether oxygens (including phenoxy) is 1. The summed E-state index contributed by atoms with van der Waals surface area (Å²) in [6, 6.07) is 0. The Hall–Kier alpha value is -0.120. The number of hydrogen-bond donors (Lipinski definition) is 2. The molecule has 0 aromatic rings. The topological polar surface area (TPSA) is 49.7 Å². The van der Waals surface area contributed by atoms with E-state index in [9.17, 15) is 5.11 Å². The van der Waals surface area contributed by atoms with Crippen molar-refractivity contribution in [2.45, 2.75) is 58.7 Å². The molecule has 0 amide bonds. The van der Waals surface area contributed by atoms with Gasteiger partial charge in [-0.25, -0.2) is 0 Å². The first-order valence-corrected chi connectivity index (χ1v) is 6.38. The van der Waals surface area contributed by atoms with E-state index in [4.69, 9.17) is 9.84 Å². The molecule has 1 fully saturated rings. The summed E-state index contributed by atoms with van der Waals surface area (Å²) < 4.78 is 5.67. The Morgan fingerprint density at radius 1 is 1.44 bits per heavy atom. The minimum Gasteiger partial charge on any atom is -0.394 e. The third-order valence-electron chi connectivity index (χ3n) is 4.10. The molecule has 1 saturated carbocycles. The molecule has 0 saturated heterocycles. The third kappa shape index (κ3) is 3.72. The summed E-state index contributed by atoms with van der Waals surface area (Å²) in [5, 5.41) is 18.0. The summed E-state index contributed by atoms with van der Waals surface area (Å²) >= 11 is 0. The van der Waals surface area contributed by atoms with E-state index < -0.39 is 6.10 Å². The van der Waals surface area contributed by atoms with E-state index in [1.165, 1.54) is 12.8 Å². The Bertz CT molecular complexity index is 205. The van der Waals surface area contributed by atoms with Crippen molar-refractivity contribution in [2.24, 2.45) is 11.3 Å². The molecule has 0 heterocycles. The highest BCUT2D eigenvalue weighted by Gasteiger charge is 2.35. The maximum atomic E-state index is 9.25. The molecule has 0 spiro atoms. The van der Waals surface area contributed by atoms with E-state index in [1.54, 1.807) is 0 Å². The van der Waals surface area contributed by atoms with Crippen LogP contribution in [-0.4, -0.2) is 35.6 Å². The molecule has 1 aliphatic rings. The van der Waals surface area contributed by atoms with Gasteiger partial charge in [0.2, 0.25) is 0 Å². The van der Waals surface area contributed by atoms with Crippen molar-refractivity contribution in [2.75, 3.05) is 13.2 Å². The van der Waals surface area contributed by atoms with E-state index in [-0.39, 0.29) is 19.3 Å². The SMILES string of the molecule is CC(C)C1(C)CCCC(OC[C@@H](O)CO)C1. The highest BCUT2D eigenvalue weighted by Crippen LogP contribution is 2.42. The maximum absolute atomic E-state index is 9.25. The summed E-state index contributed by atoms with van der Waals surface area (Å²) in [5.74, 6) is 0.668. The van der Waals surface area contributed by atoms with Gasteiger partial charge < -0.3 is 14.9 Å². The number of hydrogen-bond acceptors (Lipinski definition) is 3. The van der Waals surface area contributed by atoms with Gasteiger partial charge in [-0.05, 0) is 30.6 Å². The molecule has 2 N–H and O–H groups in total. The monoisotopic (exact) mass is 230 g/mol. The van der Waals surface area contributed by atoms with Crippen molar-refractivity contribution in [3.8, 4) is 0 Å². The van der Waals surface area contributed by atoms with Crippen LogP contribution in [0.3, 0.4) is 0 Å². The van der Waals surface area contributed by atoms with Crippen LogP contribution < -0.4 is 0 Å². The highest BCUT2D eigenvalue weighted by molar-refractivity contribution is 4.85. The van der Waals surface area contributed by atoms with Gasteiger partial charge in [0.15, 0.2) is 0 Å². The number of aliphatic hydroxyl groups excluding tert-OH is 2. The normalized spacial score (nSPS) is 33.0. The molecule has 0 bridgehead atoms. The minimum atomic E-state index is -0.729. The molecule has 96 valence electrons. The predicted molar refractivity (Wildman–Crippen MR) is 64.2 cm³/mol. The van der Waals surface area contributed by atoms with Crippen molar-refractivity contribution in [1.29, 1.82) is 0 Å². The molecule has 3 nitrogen and oxygen atoms in total. The third-order valence-corrected chi connectivity index (χ3v) is 4.10. The van der Waals surface area contributed by atoms with Crippen LogP contribution in [-0.2, 0) is 4.74 Å². The van der Waals surface area contributed by atoms with Crippen molar-refractivity contribution in [3.05, 3.63) is 0 Å². The van der Waals surface area contributed by atoms with E-state index >= 15 is 0 Å². The quantitative estimate of drug-likeness (QED) is 0.759. The molecule has 3 heteroatoms. The summed E-state index contributed by atoms with van der Waals surface area (Å²) in [7, 11) is 0. The number of rotatable bonds is 5. The van der Waals surface area contributed by atoms with E-state index in [0.29, 0.717) is 11.3 Å². The molecular formula is C13H26O3. The summed E-state index contributed by atoms with van der Waals surface area (Å²) in [5.41, 5.74) is 0.368. The van der Waals surface area contributed by atoms with Crippen LogP contribution in [0.25, 0.3) is 0 Å². The second kappa shape index (κ2) is 5.99. The summed E-state index contributed by atoms with van der Waals surface area (Å²) in [4.78, 5) is 0. The Morgan fingerprint density at radius 3 is 2.69 bits per heavy atom. The van der Waals surface area contributed by atoms with E-state index in [1.807, 2.05) is 0 Å². The zero-order valence-electron chi connectivity index (χ0n) is 10.8. The molecule has 0 aromatic heterocycles. The lowest BCUT2D eigenvalue weighted by Gasteiger charge is -2.41. The predicted octanol–water partition coefficient (Wildman–Crippen LogP) is 1.96. The fourth-order valence-electron chi connectivity index (χ4n) is 2.42. The lowest BCUT2D eigenvalue weighted by Crippen LogP contribution is -2.36. The van der Waals surface area contributed by atoms with Gasteiger partial charge in [-0.2, -0.15) is 0 Å². The Balaban J connectivity index is 2.39. The zero-order chi connectivity index (χ0) is 12.2. The van der Waals surface area contributed by atoms with Crippen LogP contribution in [0.4, 0.5) is 0 Å². The highest BCUT2D eigenvalue weighted by atomic mass is 16.5. The van der Waals surface area contributed by atoms with E-state index in [0.717, 1.165) is 12.8 Å². The van der Waals surface area contributed by atoms with Crippen LogP contribution >= 0.6 is 0 Å². The zero-order valence-corrected chi connectivity index (χ0v) is 10.8. The average molecular weight is 230 g/mol. The van der Waals surface area contributed by atoms with Crippen LogP contribution in [0.1, 0.15) is 46.5 Å².